The van der Waals surface area contributed by atoms with Gasteiger partial charge in [0.1, 0.15) is 0 Å². The van der Waals surface area contributed by atoms with Gasteiger partial charge in [0.25, 0.3) is 5.91 Å². The topological polar surface area (TPSA) is 72.9 Å². The summed E-state index contributed by atoms with van der Waals surface area (Å²) < 4.78 is 0. The van der Waals surface area contributed by atoms with E-state index in [9.17, 15) is 14.7 Å². The summed E-state index contributed by atoms with van der Waals surface area (Å²) in [7, 11) is 0. The summed E-state index contributed by atoms with van der Waals surface area (Å²) in [6.45, 7) is 5.17. The van der Waals surface area contributed by atoms with Crippen LogP contribution < -0.4 is 10.2 Å². The molecule has 0 aliphatic carbocycles. The van der Waals surface area contributed by atoms with Crippen molar-refractivity contribution < 1.29 is 14.7 Å². The van der Waals surface area contributed by atoms with E-state index in [0.717, 1.165) is 31.7 Å². The van der Waals surface area contributed by atoms with E-state index in [1.165, 1.54) is 32.4 Å². The third-order valence-electron chi connectivity index (χ3n) is 6.15. The lowest BCUT2D eigenvalue weighted by molar-refractivity contribution is 0.0697. The number of rotatable bonds is 6. The van der Waals surface area contributed by atoms with E-state index in [-0.39, 0.29) is 11.5 Å². The second kappa shape index (κ2) is 9.71. The van der Waals surface area contributed by atoms with Gasteiger partial charge in [0.15, 0.2) is 0 Å². The Morgan fingerprint density at radius 1 is 1.06 bits per heavy atom. The van der Waals surface area contributed by atoms with E-state index < -0.39 is 5.97 Å². The molecular weight excluding hydrogens is 414 g/mol. The zero-order valence-electron chi connectivity index (χ0n) is 17.5. The minimum Gasteiger partial charge on any atom is -0.478 e. The van der Waals surface area contributed by atoms with Crippen molar-refractivity contribution in [1.29, 1.82) is 0 Å². The van der Waals surface area contributed by atoms with Crippen molar-refractivity contribution >= 4 is 34.9 Å². The summed E-state index contributed by atoms with van der Waals surface area (Å²) in [5.74, 6) is -0.763. The molecule has 7 heteroatoms. The summed E-state index contributed by atoms with van der Waals surface area (Å²) in [5.41, 5.74) is 1.82. The number of aromatic carboxylic acids is 1. The second-order valence-electron chi connectivity index (χ2n) is 8.46. The van der Waals surface area contributed by atoms with Crippen molar-refractivity contribution in [3.05, 3.63) is 58.6 Å². The number of halogens is 1. The van der Waals surface area contributed by atoms with Crippen LogP contribution in [-0.2, 0) is 0 Å². The van der Waals surface area contributed by atoms with Gasteiger partial charge in [0, 0.05) is 35.9 Å². The van der Waals surface area contributed by atoms with E-state index in [0.29, 0.717) is 22.2 Å². The number of nitrogens with one attached hydrogen (secondary N) is 1. The predicted octanol–water partition coefficient (Wildman–Crippen LogP) is 4.60. The number of piperidine rings is 1. The van der Waals surface area contributed by atoms with Gasteiger partial charge in [0.05, 0.1) is 11.3 Å². The van der Waals surface area contributed by atoms with Gasteiger partial charge in [-0.1, -0.05) is 17.7 Å². The van der Waals surface area contributed by atoms with E-state index in [1.807, 2.05) is 6.07 Å². The quantitative estimate of drug-likeness (QED) is 0.685. The average molecular weight is 442 g/mol. The third-order valence-corrected chi connectivity index (χ3v) is 6.38. The maximum absolute atomic E-state index is 12.5. The van der Waals surface area contributed by atoms with Crippen molar-refractivity contribution in [2.24, 2.45) is 5.92 Å². The standard InChI is InChI=1S/C24H28ClN3O3/c25-19-7-3-6-18(13-19)23(29)26-20-8-9-22(21(14-20)24(30)31)28-12-4-5-17(16-28)15-27-10-1-2-11-27/h3,6-9,13-14,17H,1-2,4-5,10-12,15-16H2,(H,26,29)(H,30,31)/t17-/m1/s1. The van der Waals surface area contributed by atoms with Gasteiger partial charge in [-0.05, 0) is 81.1 Å². The number of carboxylic acid groups (broad SMARTS) is 1. The molecule has 0 saturated carbocycles. The molecule has 1 atom stereocenters. The number of hydrogen-bond acceptors (Lipinski definition) is 4. The fourth-order valence-electron chi connectivity index (χ4n) is 4.66. The molecule has 2 N–H and O–H groups in total. The highest BCUT2D eigenvalue weighted by atomic mass is 35.5. The van der Waals surface area contributed by atoms with Crippen LogP contribution in [0.1, 0.15) is 46.4 Å². The van der Waals surface area contributed by atoms with Crippen LogP contribution in [0.25, 0.3) is 0 Å². The number of benzene rings is 2. The molecule has 2 aliphatic rings. The van der Waals surface area contributed by atoms with Crippen LogP contribution in [0.15, 0.2) is 42.5 Å². The number of carbonyl (C=O) groups excluding carboxylic acids is 1. The number of anilines is 2. The molecule has 1 amide bonds. The summed E-state index contributed by atoms with van der Waals surface area (Å²) in [4.78, 5) is 29.2. The largest absolute Gasteiger partial charge is 0.478 e. The first-order valence-corrected chi connectivity index (χ1v) is 11.3. The summed E-state index contributed by atoms with van der Waals surface area (Å²) in [6, 6.07) is 11.8. The van der Waals surface area contributed by atoms with Crippen LogP contribution in [0.2, 0.25) is 5.02 Å². The van der Waals surface area contributed by atoms with Crippen molar-refractivity contribution in [2.75, 3.05) is 42.9 Å². The Morgan fingerprint density at radius 3 is 2.61 bits per heavy atom. The van der Waals surface area contributed by atoms with Gasteiger partial charge >= 0.3 is 5.97 Å². The molecule has 2 heterocycles. The number of carbonyl (C=O) groups is 2. The Bertz CT molecular complexity index is 959. The molecule has 0 spiro atoms. The lowest BCUT2D eigenvalue weighted by atomic mass is 9.96. The molecule has 2 saturated heterocycles. The SMILES string of the molecule is O=C(Nc1ccc(N2CCC[C@H](CN3CCCC3)C2)c(C(=O)O)c1)c1cccc(Cl)c1. The first kappa shape index (κ1) is 21.7. The molecule has 0 unspecified atom stereocenters. The zero-order valence-corrected chi connectivity index (χ0v) is 18.3. The molecular formula is C24H28ClN3O3. The summed E-state index contributed by atoms with van der Waals surface area (Å²) in [6.07, 6.45) is 4.80. The molecule has 31 heavy (non-hydrogen) atoms. The Balaban J connectivity index is 1.49. The normalized spacial score (nSPS) is 19.4. The van der Waals surface area contributed by atoms with Crippen LogP contribution in [0.4, 0.5) is 11.4 Å². The first-order valence-electron chi connectivity index (χ1n) is 10.9. The molecule has 2 aromatic carbocycles. The maximum atomic E-state index is 12.5. The van der Waals surface area contributed by atoms with Gasteiger partial charge in [-0.2, -0.15) is 0 Å². The van der Waals surface area contributed by atoms with E-state index in [4.69, 9.17) is 11.6 Å². The monoisotopic (exact) mass is 441 g/mol. The molecule has 6 nitrogen and oxygen atoms in total. The van der Waals surface area contributed by atoms with E-state index in [2.05, 4.69) is 15.1 Å². The fraction of sp³-hybridized carbons (Fsp3) is 0.417. The van der Waals surface area contributed by atoms with Gasteiger partial charge < -0.3 is 20.2 Å². The van der Waals surface area contributed by atoms with Gasteiger partial charge in [-0.3, -0.25) is 4.79 Å². The van der Waals surface area contributed by atoms with E-state index >= 15 is 0 Å². The smallest absolute Gasteiger partial charge is 0.337 e. The highest BCUT2D eigenvalue weighted by molar-refractivity contribution is 6.31. The van der Waals surface area contributed by atoms with E-state index in [1.54, 1.807) is 36.4 Å². The van der Waals surface area contributed by atoms with Crippen LogP contribution in [0.3, 0.4) is 0 Å². The van der Waals surface area contributed by atoms with Crippen molar-refractivity contribution in [3.63, 3.8) is 0 Å². The van der Waals surface area contributed by atoms with Crippen LogP contribution in [0.5, 0.6) is 0 Å². The molecule has 164 valence electrons. The Morgan fingerprint density at radius 2 is 1.87 bits per heavy atom. The predicted molar refractivity (Wildman–Crippen MR) is 123 cm³/mol. The highest BCUT2D eigenvalue weighted by Gasteiger charge is 2.26. The molecule has 0 bridgehead atoms. The Hall–Kier alpha value is -2.57. The summed E-state index contributed by atoms with van der Waals surface area (Å²) >= 11 is 5.96. The van der Waals surface area contributed by atoms with Crippen molar-refractivity contribution in [3.8, 4) is 0 Å². The van der Waals surface area contributed by atoms with Crippen molar-refractivity contribution in [2.45, 2.75) is 25.7 Å². The minimum atomic E-state index is -0.990. The van der Waals surface area contributed by atoms with Gasteiger partial charge in [0.2, 0.25) is 0 Å². The van der Waals surface area contributed by atoms with Gasteiger partial charge in [-0.15, -0.1) is 0 Å². The van der Waals surface area contributed by atoms with Crippen molar-refractivity contribution in [1.82, 2.24) is 4.90 Å². The zero-order chi connectivity index (χ0) is 21.8. The number of likely N-dealkylation sites (tertiary alicyclic amines) is 1. The summed E-state index contributed by atoms with van der Waals surface area (Å²) in [5, 5.41) is 13.1. The lowest BCUT2D eigenvalue weighted by Crippen LogP contribution is -2.41. The number of amides is 1. The minimum absolute atomic E-state index is 0.214. The molecule has 2 aliphatic heterocycles. The molecule has 2 fully saturated rings. The van der Waals surface area contributed by atoms with Crippen LogP contribution >= 0.6 is 11.6 Å². The fourth-order valence-corrected chi connectivity index (χ4v) is 4.85. The maximum Gasteiger partial charge on any atom is 0.337 e. The number of nitrogens with zero attached hydrogens (tertiary/aromatic N) is 2. The van der Waals surface area contributed by atoms with Gasteiger partial charge in [-0.25, -0.2) is 4.79 Å². The first-order chi connectivity index (χ1) is 15.0. The van der Waals surface area contributed by atoms with Crippen LogP contribution in [0, 0.1) is 5.92 Å². The molecule has 4 rings (SSSR count). The Kier molecular flexibility index (Phi) is 6.78. The third kappa shape index (κ3) is 5.38. The highest BCUT2D eigenvalue weighted by Crippen LogP contribution is 2.30. The Labute approximate surface area is 187 Å². The number of carboxylic acids is 1. The molecule has 2 aromatic rings. The molecule has 0 aromatic heterocycles. The average Bonchev–Trinajstić information content (AvgIpc) is 3.27. The second-order valence-corrected chi connectivity index (χ2v) is 8.90. The number of hydrogen-bond donors (Lipinski definition) is 2. The van der Waals surface area contributed by atoms with Crippen LogP contribution in [-0.4, -0.2) is 54.6 Å². The lowest BCUT2D eigenvalue weighted by Gasteiger charge is -2.36. The molecule has 0 radical (unpaired) electrons.